The van der Waals surface area contributed by atoms with E-state index < -0.39 is 12.6 Å². The summed E-state index contributed by atoms with van der Waals surface area (Å²) in [5.41, 5.74) is -0.0829. The molecule has 0 aliphatic rings. The lowest BCUT2D eigenvalue weighted by molar-refractivity contribution is -0.138. The number of alkyl halides is 3. The zero-order valence-electron chi connectivity index (χ0n) is 10.7. The van der Waals surface area contributed by atoms with Crippen molar-refractivity contribution in [2.45, 2.75) is 65.6 Å². The molecule has 0 aromatic rings. The average molecular weight is 239 g/mol. The molecular weight excluding hydrogens is 215 g/mol. The maximum Gasteiger partial charge on any atom is 0.389 e. The Bertz CT molecular complexity index is 187. The molecular formula is C12H24F3N. The SMILES string of the molecule is CCCNC(CCC(F)(F)F)C(C)(C)CC. The van der Waals surface area contributed by atoms with Crippen molar-refractivity contribution >= 4 is 0 Å². The van der Waals surface area contributed by atoms with Crippen LogP contribution in [0.4, 0.5) is 13.2 Å². The van der Waals surface area contributed by atoms with Gasteiger partial charge in [0.25, 0.3) is 0 Å². The highest BCUT2D eigenvalue weighted by molar-refractivity contribution is 4.83. The molecule has 0 fully saturated rings. The summed E-state index contributed by atoms with van der Waals surface area (Å²) < 4.78 is 36.6. The summed E-state index contributed by atoms with van der Waals surface area (Å²) in [6.07, 6.45) is -2.74. The molecule has 0 aliphatic carbocycles. The predicted octanol–water partition coefficient (Wildman–Crippen LogP) is 4.13. The van der Waals surface area contributed by atoms with Crippen LogP contribution >= 0.6 is 0 Å². The Hall–Kier alpha value is -0.250. The third kappa shape index (κ3) is 6.36. The molecule has 0 aromatic carbocycles. The normalized spacial score (nSPS) is 15.2. The van der Waals surface area contributed by atoms with Crippen LogP contribution in [0.5, 0.6) is 0 Å². The minimum atomic E-state index is -4.05. The fourth-order valence-electron chi connectivity index (χ4n) is 1.64. The van der Waals surface area contributed by atoms with Crippen molar-refractivity contribution in [3.8, 4) is 0 Å². The molecule has 0 amide bonds. The van der Waals surface area contributed by atoms with Gasteiger partial charge in [0, 0.05) is 12.5 Å². The van der Waals surface area contributed by atoms with Crippen LogP contribution in [0.1, 0.15) is 53.4 Å². The van der Waals surface area contributed by atoms with Crippen molar-refractivity contribution in [3.63, 3.8) is 0 Å². The molecule has 98 valence electrons. The van der Waals surface area contributed by atoms with E-state index in [1.165, 1.54) is 0 Å². The van der Waals surface area contributed by atoms with E-state index in [-0.39, 0.29) is 17.9 Å². The molecule has 1 atom stereocenters. The highest BCUT2D eigenvalue weighted by Gasteiger charge is 2.33. The topological polar surface area (TPSA) is 12.0 Å². The van der Waals surface area contributed by atoms with Crippen LogP contribution in [-0.4, -0.2) is 18.8 Å². The van der Waals surface area contributed by atoms with Crippen LogP contribution in [-0.2, 0) is 0 Å². The number of hydrogen-bond acceptors (Lipinski definition) is 1. The van der Waals surface area contributed by atoms with Gasteiger partial charge >= 0.3 is 6.18 Å². The van der Waals surface area contributed by atoms with Gasteiger partial charge in [-0.3, -0.25) is 0 Å². The van der Waals surface area contributed by atoms with Crippen LogP contribution in [0.25, 0.3) is 0 Å². The Labute approximate surface area is 96.8 Å². The first-order valence-electron chi connectivity index (χ1n) is 6.03. The largest absolute Gasteiger partial charge is 0.389 e. The van der Waals surface area contributed by atoms with Gasteiger partial charge in [-0.15, -0.1) is 0 Å². The second-order valence-corrected chi connectivity index (χ2v) is 5.00. The molecule has 0 spiro atoms. The molecule has 1 N–H and O–H groups in total. The van der Waals surface area contributed by atoms with E-state index in [2.05, 4.69) is 5.32 Å². The van der Waals surface area contributed by atoms with Gasteiger partial charge < -0.3 is 5.32 Å². The fraction of sp³-hybridized carbons (Fsp3) is 1.00. The van der Waals surface area contributed by atoms with Crippen LogP contribution < -0.4 is 5.32 Å². The molecule has 0 radical (unpaired) electrons. The lowest BCUT2D eigenvalue weighted by Gasteiger charge is -2.34. The van der Waals surface area contributed by atoms with Gasteiger partial charge in [0.05, 0.1) is 0 Å². The zero-order chi connectivity index (χ0) is 12.8. The van der Waals surface area contributed by atoms with Crippen molar-refractivity contribution in [2.24, 2.45) is 5.41 Å². The first-order valence-corrected chi connectivity index (χ1v) is 6.03. The lowest BCUT2D eigenvalue weighted by Crippen LogP contribution is -2.42. The Morgan fingerprint density at radius 2 is 1.69 bits per heavy atom. The first-order chi connectivity index (χ1) is 7.23. The summed E-state index contributed by atoms with van der Waals surface area (Å²) >= 11 is 0. The third-order valence-corrected chi connectivity index (χ3v) is 3.21. The molecule has 16 heavy (non-hydrogen) atoms. The summed E-state index contributed by atoms with van der Waals surface area (Å²) in [6.45, 7) is 8.88. The van der Waals surface area contributed by atoms with E-state index in [0.29, 0.717) is 0 Å². The van der Waals surface area contributed by atoms with Crippen molar-refractivity contribution in [3.05, 3.63) is 0 Å². The zero-order valence-corrected chi connectivity index (χ0v) is 10.7. The van der Waals surface area contributed by atoms with Gasteiger partial charge in [-0.2, -0.15) is 13.2 Å². The monoisotopic (exact) mass is 239 g/mol. The van der Waals surface area contributed by atoms with Crippen LogP contribution in [0.3, 0.4) is 0 Å². The molecule has 0 saturated heterocycles. The molecule has 0 heterocycles. The van der Waals surface area contributed by atoms with Crippen LogP contribution in [0, 0.1) is 5.41 Å². The quantitative estimate of drug-likeness (QED) is 0.704. The average Bonchev–Trinajstić information content (AvgIpc) is 2.16. The van der Waals surface area contributed by atoms with Gasteiger partial charge in [-0.05, 0) is 31.2 Å². The molecule has 1 nitrogen and oxygen atoms in total. The highest BCUT2D eigenvalue weighted by atomic mass is 19.4. The molecule has 0 aliphatic heterocycles. The fourth-order valence-corrected chi connectivity index (χ4v) is 1.64. The Morgan fingerprint density at radius 1 is 1.12 bits per heavy atom. The number of rotatable bonds is 7. The van der Waals surface area contributed by atoms with E-state index in [1.54, 1.807) is 0 Å². The summed E-state index contributed by atoms with van der Waals surface area (Å²) in [5, 5.41) is 3.23. The smallest absolute Gasteiger partial charge is 0.313 e. The standard InChI is InChI=1S/C12H24F3N/c1-5-9-16-10(11(3,4)6-2)7-8-12(13,14)15/h10,16H,5-9H2,1-4H3. The maximum atomic E-state index is 12.2. The molecule has 1 unspecified atom stereocenters. The van der Waals surface area contributed by atoms with E-state index in [9.17, 15) is 13.2 Å². The maximum absolute atomic E-state index is 12.2. The van der Waals surface area contributed by atoms with Crippen molar-refractivity contribution in [1.29, 1.82) is 0 Å². The summed E-state index contributed by atoms with van der Waals surface area (Å²) in [6, 6.07) is -0.0564. The van der Waals surface area contributed by atoms with Crippen LogP contribution in [0.2, 0.25) is 0 Å². The summed E-state index contributed by atoms with van der Waals surface area (Å²) in [7, 11) is 0. The molecule has 0 bridgehead atoms. The summed E-state index contributed by atoms with van der Waals surface area (Å²) in [5.74, 6) is 0. The second kappa shape index (κ2) is 6.48. The van der Waals surface area contributed by atoms with Gasteiger partial charge in [-0.1, -0.05) is 27.7 Å². The number of halogens is 3. The van der Waals surface area contributed by atoms with Gasteiger partial charge in [0.1, 0.15) is 0 Å². The minimum absolute atomic E-state index is 0.0564. The van der Waals surface area contributed by atoms with E-state index in [1.807, 2.05) is 27.7 Å². The van der Waals surface area contributed by atoms with E-state index >= 15 is 0 Å². The highest BCUT2D eigenvalue weighted by Crippen LogP contribution is 2.31. The minimum Gasteiger partial charge on any atom is -0.313 e. The molecule has 0 aromatic heterocycles. The Morgan fingerprint density at radius 3 is 2.06 bits per heavy atom. The van der Waals surface area contributed by atoms with E-state index in [4.69, 9.17) is 0 Å². The predicted molar refractivity (Wildman–Crippen MR) is 61.4 cm³/mol. The third-order valence-electron chi connectivity index (χ3n) is 3.21. The first kappa shape index (κ1) is 15.8. The number of hydrogen-bond donors (Lipinski definition) is 1. The van der Waals surface area contributed by atoms with Crippen LogP contribution in [0.15, 0.2) is 0 Å². The Balaban J connectivity index is 4.32. The van der Waals surface area contributed by atoms with Crippen molar-refractivity contribution in [2.75, 3.05) is 6.54 Å². The van der Waals surface area contributed by atoms with Crippen molar-refractivity contribution in [1.82, 2.24) is 5.32 Å². The Kier molecular flexibility index (Phi) is 6.38. The molecule has 0 rings (SSSR count). The lowest BCUT2D eigenvalue weighted by atomic mass is 9.79. The molecule has 0 saturated carbocycles. The number of nitrogens with one attached hydrogen (secondary N) is 1. The van der Waals surface area contributed by atoms with E-state index in [0.717, 1.165) is 19.4 Å². The van der Waals surface area contributed by atoms with Gasteiger partial charge in [0.2, 0.25) is 0 Å². The summed E-state index contributed by atoms with van der Waals surface area (Å²) in [4.78, 5) is 0. The van der Waals surface area contributed by atoms with Gasteiger partial charge in [-0.25, -0.2) is 0 Å². The van der Waals surface area contributed by atoms with Gasteiger partial charge in [0.15, 0.2) is 0 Å². The molecule has 4 heteroatoms. The second-order valence-electron chi connectivity index (χ2n) is 5.00. The van der Waals surface area contributed by atoms with Crippen molar-refractivity contribution < 1.29 is 13.2 Å².